The molecule has 118 valence electrons. The zero-order valence-corrected chi connectivity index (χ0v) is 13.1. The second-order valence-electron chi connectivity index (χ2n) is 5.35. The molecule has 1 aliphatic heterocycles. The van der Waals surface area contributed by atoms with Gasteiger partial charge >= 0.3 is 0 Å². The molecule has 22 heavy (non-hydrogen) atoms. The zero-order valence-electron chi connectivity index (χ0n) is 12.3. The molecule has 1 amide bonds. The standard InChI is InChI=1S/C13H17N5O3S/c1-7-4-18(5-8(2)21-7)10(19)6-22-13-15-11-9(3-14-17-11)12(20)16-13/h3,7-8H,4-6H2,1-2H3,(H2,14,15,16,17,20). The van der Waals surface area contributed by atoms with Crippen molar-refractivity contribution in [1.82, 2.24) is 25.1 Å². The van der Waals surface area contributed by atoms with Crippen molar-refractivity contribution in [2.45, 2.75) is 31.2 Å². The molecule has 8 nitrogen and oxygen atoms in total. The normalized spacial score (nSPS) is 22.2. The van der Waals surface area contributed by atoms with Gasteiger partial charge in [0.2, 0.25) is 5.91 Å². The first kappa shape index (κ1) is 15.0. The van der Waals surface area contributed by atoms with Gasteiger partial charge in [-0.3, -0.25) is 14.7 Å². The van der Waals surface area contributed by atoms with Gasteiger partial charge in [-0.05, 0) is 13.8 Å². The maximum absolute atomic E-state index is 12.3. The van der Waals surface area contributed by atoms with Gasteiger partial charge in [0.1, 0.15) is 5.39 Å². The summed E-state index contributed by atoms with van der Waals surface area (Å²) < 4.78 is 5.61. The predicted molar refractivity (Wildman–Crippen MR) is 81.8 cm³/mol. The number of amides is 1. The van der Waals surface area contributed by atoms with Crippen LogP contribution >= 0.6 is 11.8 Å². The Morgan fingerprint density at radius 2 is 2.18 bits per heavy atom. The molecule has 2 aromatic heterocycles. The van der Waals surface area contributed by atoms with Gasteiger partial charge in [0.05, 0.1) is 24.2 Å². The Morgan fingerprint density at radius 3 is 2.91 bits per heavy atom. The molecule has 0 bridgehead atoms. The van der Waals surface area contributed by atoms with Crippen LogP contribution in [0, 0.1) is 0 Å². The Bertz CT molecular complexity index is 733. The molecule has 1 saturated heterocycles. The van der Waals surface area contributed by atoms with Crippen molar-refractivity contribution in [2.24, 2.45) is 0 Å². The van der Waals surface area contributed by atoms with Gasteiger partial charge in [-0.1, -0.05) is 11.8 Å². The van der Waals surface area contributed by atoms with E-state index in [1.54, 1.807) is 4.90 Å². The summed E-state index contributed by atoms with van der Waals surface area (Å²) in [5.74, 6) is 0.238. The van der Waals surface area contributed by atoms with Crippen LogP contribution in [-0.2, 0) is 9.53 Å². The van der Waals surface area contributed by atoms with Crippen molar-refractivity contribution in [3.05, 3.63) is 16.6 Å². The number of rotatable bonds is 3. The summed E-state index contributed by atoms with van der Waals surface area (Å²) >= 11 is 1.21. The average Bonchev–Trinajstić information content (AvgIpc) is 2.92. The number of morpholine rings is 1. The number of ether oxygens (including phenoxy) is 1. The molecule has 2 atom stereocenters. The number of H-pyrrole nitrogens is 2. The summed E-state index contributed by atoms with van der Waals surface area (Å²) in [5, 5.41) is 7.26. The number of aromatic nitrogens is 4. The monoisotopic (exact) mass is 323 g/mol. The number of nitrogens with one attached hydrogen (secondary N) is 2. The number of carbonyl (C=O) groups excluding carboxylic acids is 1. The van der Waals surface area contributed by atoms with E-state index in [0.717, 1.165) is 0 Å². The van der Waals surface area contributed by atoms with Gasteiger partial charge in [0.15, 0.2) is 10.8 Å². The van der Waals surface area contributed by atoms with Gasteiger partial charge in [-0.25, -0.2) is 4.98 Å². The van der Waals surface area contributed by atoms with E-state index in [4.69, 9.17) is 4.74 Å². The van der Waals surface area contributed by atoms with Crippen LogP contribution < -0.4 is 5.56 Å². The van der Waals surface area contributed by atoms with Crippen molar-refractivity contribution in [3.63, 3.8) is 0 Å². The van der Waals surface area contributed by atoms with Crippen molar-refractivity contribution in [1.29, 1.82) is 0 Å². The Kier molecular flexibility index (Phi) is 4.16. The van der Waals surface area contributed by atoms with Crippen LogP contribution in [0.25, 0.3) is 11.0 Å². The lowest BCUT2D eigenvalue weighted by Crippen LogP contribution is -2.48. The summed E-state index contributed by atoms with van der Waals surface area (Å²) in [6.45, 7) is 5.09. The summed E-state index contributed by atoms with van der Waals surface area (Å²) in [6.07, 6.45) is 1.51. The van der Waals surface area contributed by atoms with Gasteiger partial charge < -0.3 is 14.6 Å². The second-order valence-corrected chi connectivity index (χ2v) is 6.31. The van der Waals surface area contributed by atoms with E-state index in [0.29, 0.717) is 29.3 Å². The van der Waals surface area contributed by atoms with Crippen LogP contribution in [0.1, 0.15) is 13.8 Å². The van der Waals surface area contributed by atoms with Crippen LogP contribution in [-0.4, -0.2) is 62.0 Å². The van der Waals surface area contributed by atoms with Gasteiger partial charge in [0, 0.05) is 13.1 Å². The molecule has 1 aliphatic rings. The number of nitrogens with zero attached hydrogens (tertiary/aromatic N) is 3. The molecule has 2 unspecified atom stereocenters. The SMILES string of the molecule is CC1CN(C(=O)CSc2nc3[nH]ncc3c(=O)[nH]2)CC(C)O1. The molecule has 0 aromatic carbocycles. The summed E-state index contributed by atoms with van der Waals surface area (Å²) in [7, 11) is 0. The molecule has 0 spiro atoms. The zero-order chi connectivity index (χ0) is 15.7. The van der Waals surface area contributed by atoms with Crippen molar-refractivity contribution < 1.29 is 9.53 Å². The third-order valence-corrected chi connectivity index (χ3v) is 4.26. The van der Waals surface area contributed by atoms with E-state index in [-0.39, 0.29) is 29.4 Å². The highest BCUT2D eigenvalue weighted by Gasteiger charge is 2.25. The molecule has 1 fully saturated rings. The molecule has 9 heteroatoms. The molecular weight excluding hydrogens is 306 g/mol. The first-order valence-electron chi connectivity index (χ1n) is 7.02. The fraction of sp³-hybridized carbons (Fsp3) is 0.538. The Hall–Kier alpha value is -1.87. The van der Waals surface area contributed by atoms with Crippen LogP contribution in [0.3, 0.4) is 0 Å². The van der Waals surface area contributed by atoms with Crippen molar-refractivity contribution in [3.8, 4) is 0 Å². The van der Waals surface area contributed by atoms with E-state index in [1.807, 2.05) is 13.8 Å². The van der Waals surface area contributed by atoms with E-state index in [9.17, 15) is 9.59 Å². The minimum atomic E-state index is -0.262. The summed E-state index contributed by atoms with van der Waals surface area (Å²) in [5.41, 5.74) is 0.162. The predicted octanol–water partition coefficient (Wildman–Crippen LogP) is 0.374. The Balaban J connectivity index is 1.65. The number of aromatic amines is 2. The number of carbonyl (C=O) groups is 1. The van der Waals surface area contributed by atoms with E-state index in [1.165, 1.54) is 18.0 Å². The molecular formula is C13H17N5O3S. The molecule has 0 radical (unpaired) electrons. The molecule has 0 saturated carbocycles. The van der Waals surface area contributed by atoms with Crippen LogP contribution in [0.4, 0.5) is 0 Å². The van der Waals surface area contributed by atoms with Crippen LogP contribution in [0.15, 0.2) is 16.1 Å². The molecule has 0 aliphatic carbocycles. The lowest BCUT2D eigenvalue weighted by atomic mass is 10.2. The third-order valence-electron chi connectivity index (χ3n) is 3.40. The number of hydrogen-bond acceptors (Lipinski definition) is 6. The van der Waals surface area contributed by atoms with E-state index in [2.05, 4.69) is 20.2 Å². The minimum Gasteiger partial charge on any atom is -0.372 e. The summed E-state index contributed by atoms with van der Waals surface area (Å²) in [4.78, 5) is 32.8. The Morgan fingerprint density at radius 1 is 1.45 bits per heavy atom. The van der Waals surface area contributed by atoms with Gasteiger partial charge in [-0.2, -0.15) is 5.10 Å². The number of fused-ring (bicyclic) bond motifs is 1. The first-order valence-corrected chi connectivity index (χ1v) is 8.01. The number of thioether (sulfide) groups is 1. The van der Waals surface area contributed by atoms with E-state index < -0.39 is 0 Å². The molecule has 3 heterocycles. The van der Waals surface area contributed by atoms with Crippen molar-refractivity contribution in [2.75, 3.05) is 18.8 Å². The molecule has 2 N–H and O–H groups in total. The average molecular weight is 323 g/mol. The minimum absolute atomic E-state index is 0.0133. The van der Waals surface area contributed by atoms with Gasteiger partial charge in [0.25, 0.3) is 5.56 Å². The topological polar surface area (TPSA) is 104 Å². The fourth-order valence-electron chi connectivity index (χ4n) is 2.50. The fourth-order valence-corrected chi connectivity index (χ4v) is 3.26. The number of hydrogen-bond donors (Lipinski definition) is 2. The highest BCUT2D eigenvalue weighted by molar-refractivity contribution is 7.99. The molecule has 3 rings (SSSR count). The quantitative estimate of drug-likeness (QED) is 0.625. The maximum Gasteiger partial charge on any atom is 0.262 e. The Labute approximate surface area is 130 Å². The highest BCUT2D eigenvalue weighted by atomic mass is 32.2. The lowest BCUT2D eigenvalue weighted by Gasteiger charge is -2.35. The van der Waals surface area contributed by atoms with E-state index >= 15 is 0 Å². The van der Waals surface area contributed by atoms with Crippen LogP contribution in [0.5, 0.6) is 0 Å². The lowest BCUT2D eigenvalue weighted by molar-refractivity contribution is -0.140. The maximum atomic E-state index is 12.3. The largest absolute Gasteiger partial charge is 0.372 e. The highest BCUT2D eigenvalue weighted by Crippen LogP contribution is 2.16. The van der Waals surface area contributed by atoms with Gasteiger partial charge in [-0.15, -0.1) is 0 Å². The first-order chi connectivity index (χ1) is 10.5. The second kappa shape index (κ2) is 6.09. The third kappa shape index (κ3) is 3.14. The van der Waals surface area contributed by atoms with Crippen molar-refractivity contribution >= 4 is 28.7 Å². The summed E-state index contributed by atoms with van der Waals surface area (Å²) in [6, 6.07) is 0. The molecule has 2 aromatic rings. The van der Waals surface area contributed by atoms with Crippen LogP contribution in [0.2, 0.25) is 0 Å². The smallest absolute Gasteiger partial charge is 0.262 e.